The van der Waals surface area contributed by atoms with Crippen molar-refractivity contribution in [1.29, 1.82) is 0 Å². The van der Waals surface area contributed by atoms with E-state index in [0.29, 0.717) is 5.39 Å². The Morgan fingerprint density at radius 1 is 1.05 bits per heavy atom. The first kappa shape index (κ1) is 12.8. The predicted octanol–water partition coefficient (Wildman–Crippen LogP) is 3.43. The molecule has 4 rings (SSSR count). The molecule has 108 valence electrons. The monoisotopic (exact) mass is 289 g/mol. The molecule has 0 saturated heterocycles. The van der Waals surface area contributed by atoms with Gasteiger partial charge < -0.3 is 0 Å². The van der Waals surface area contributed by atoms with E-state index in [1.807, 2.05) is 42.5 Å². The molecule has 0 saturated carbocycles. The third-order valence-electron chi connectivity index (χ3n) is 4.03. The number of benzene rings is 2. The molecule has 0 aliphatic heterocycles. The van der Waals surface area contributed by atoms with E-state index in [0.717, 1.165) is 28.5 Å². The van der Waals surface area contributed by atoms with E-state index in [9.17, 15) is 4.79 Å². The number of hydrogen-bond acceptors (Lipinski definition) is 2. The van der Waals surface area contributed by atoms with Crippen molar-refractivity contribution < 1.29 is 0 Å². The Labute approximate surface area is 127 Å². The summed E-state index contributed by atoms with van der Waals surface area (Å²) < 4.78 is 1.57. The van der Waals surface area contributed by atoms with Gasteiger partial charge in [0, 0.05) is 11.6 Å². The standard InChI is InChI=1S/C18H15N3O/c1-2-12-7-6-10-14-16(12)19-11-15-17(14)20-21(18(15)22)13-8-4-3-5-9-13/h3-11,20H,2H2,1H3. The molecule has 4 aromatic rings. The van der Waals surface area contributed by atoms with E-state index in [1.165, 1.54) is 5.56 Å². The molecule has 1 N–H and O–H groups in total. The number of aromatic nitrogens is 3. The van der Waals surface area contributed by atoms with E-state index in [2.05, 4.69) is 23.1 Å². The lowest BCUT2D eigenvalue weighted by atomic mass is 10.1. The van der Waals surface area contributed by atoms with Crippen molar-refractivity contribution >= 4 is 21.8 Å². The first-order chi connectivity index (χ1) is 10.8. The zero-order valence-corrected chi connectivity index (χ0v) is 12.2. The summed E-state index contributed by atoms with van der Waals surface area (Å²) >= 11 is 0. The third-order valence-corrected chi connectivity index (χ3v) is 4.03. The van der Waals surface area contributed by atoms with Crippen molar-refractivity contribution in [2.45, 2.75) is 13.3 Å². The van der Waals surface area contributed by atoms with Crippen molar-refractivity contribution in [3.63, 3.8) is 0 Å². The molecule has 0 fully saturated rings. The third kappa shape index (κ3) is 1.77. The quantitative estimate of drug-likeness (QED) is 0.614. The first-order valence-electron chi connectivity index (χ1n) is 7.36. The first-order valence-corrected chi connectivity index (χ1v) is 7.36. The number of rotatable bonds is 2. The summed E-state index contributed by atoms with van der Waals surface area (Å²) in [6, 6.07) is 15.7. The zero-order valence-electron chi connectivity index (χ0n) is 12.2. The number of aromatic amines is 1. The van der Waals surface area contributed by atoms with Crippen molar-refractivity contribution in [3.05, 3.63) is 70.6 Å². The molecule has 2 aromatic carbocycles. The van der Waals surface area contributed by atoms with E-state index < -0.39 is 0 Å². The Balaban J connectivity index is 2.10. The summed E-state index contributed by atoms with van der Waals surface area (Å²) in [5, 5.41) is 4.84. The second-order valence-corrected chi connectivity index (χ2v) is 5.30. The van der Waals surface area contributed by atoms with Gasteiger partial charge in [0.05, 0.1) is 22.1 Å². The number of H-pyrrole nitrogens is 1. The van der Waals surface area contributed by atoms with Gasteiger partial charge in [0.1, 0.15) is 0 Å². The van der Waals surface area contributed by atoms with Gasteiger partial charge in [-0.15, -0.1) is 0 Å². The molecule has 0 bridgehead atoms. The molecule has 0 aliphatic carbocycles. The van der Waals surface area contributed by atoms with Crippen LogP contribution in [0.4, 0.5) is 0 Å². The molecule has 2 aromatic heterocycles. The minimum Gasteiger partial charge on any atom is -0.290 e. The average Bonchev–Trinajstić information content (AvgIpc) is 2.92. The van der Waals surface area contributed by atoms with Gasteiger partial charge in [0.25, 0.3) is 5.56 Å². The van der Waals surface area contributed by atoms with Crippen LogP contribution in [0.15, 0.2) is 59.5 Å². The highest BCUT2D eigenvalue weighted by Gasteiger charge is 2.12. The number of fused-ring (bicyclic) bond motifs is 3. The number of hydrogen-bond donors (Lipinski definition) is 1. The fraction of sp³-hybridized carbons (Fsp3) is 0.111. The molecular formula is C18H15N3O. The minimum absolute atomic E-state index is 0.0718. The van der Waals surface area contributed by atoms with Crippen molar-refractivity contribution in [2.24, 2.45) is 0 Å². The van der Waals surface area contributed by atoms with Crippen molar-refractivity contribution in [3.8, 4) is 5.69 Å². The van der Waals surface area contributed by atoms with Crippen LogP contribution in [0.25, 0.3) is 27.5 Å². The maximum Gasteiger partial charge on any atom is 0.280 e. The van der Waals surface area contributed by atoms with Crippen LogP contribution in [0.5, 0.6) is 0 Å². The number of para-hydroxylation sites is 2. The Bertz CT molecular complexity index is 1030. The molecule has 0 aliphatic rings. The van der Waals surface area contributed by atoms with Gasteiger partial charge in [-0.3, -0.25) is 14.9 Å². The Hall–Kier alpha value is -2.88. The summed E-state index contributed by atoms with van der Waals surface area (Å²) in [4.78, 5) is 17.1. The predicted molar refractivity (Wildman–Crippen MR) is 88.6 cm³/mol. The lowest BCUT2D eigenvalue weighted by molar-refractivity contribution is 0.864. The highest BCUT2D eigenvalue weighted by molar-refractivity contribution is 6.03. The lowest BCUT2D eigenvalue weighted by Gasteiger charge is -2.03. The summed E-state index contributed by atoms with van der Waals surface area (Å²) in [6.45, 7) is 2.11. The van der Waals surface area contributed by atoms with Crippen LogP contribution in [0.3, 0.4) is 0 Å². The minimum atomic E-state index is -0.0718. The van der Waals surface area contributed by atoms with E-state index in [4.69, 9.17) is 0 Å². The maximum atomic E-state index is 12.6. The molecule has 0 atom stereocenters. The van der Waals surface area contributed by atoms with Crippen LogP contribution in [0.1, 0.15) is 12.5 Å². The summed E-state index contributed by atoms with van der Waals surface area (Å²) in [6.07, 6.45) is 2.59. The van der Waals surface area contributed by atoms with Gasteiger partial charge in [-0.2, -0.15) is 0 Å². The Morgan fingerprint density at radius 3 is 2.64 bits per heavy atom. The summed E-state index contributed by atoms with van der Waals surface area (Å²) in [5.74, 6) is 0. The molecule has 0 amide bonds. The summed E-state index contributed by atoms with van der Waals surface area (Å²) in [5.41, 5.74) is 3.74. The smallest absolute Gasteiger partial charge is 0.280 e. The fourth-order valence-electron chi connectivity index (χ4n) is 2.89. The number of nitrogens with one attached hydrogen (secondary N) is 1. The van der Waals surface area contributed by atoms with Crippen LogP contribution >= 0.6 is 0 Å². The maximum absolute atomic E-state index is 12.6. The highest BCUT2D eigenvalue weighted by Crippen LogP contribution is 2.23. The Morgan fingerprint density at radius 2 is 1.86 bits per heavy atom. The van der Waals surface area contributed by atoms with E-state index in [-0.39, 0.29) is 5.56 Å². The Kier molecular flexibility index (Phi) is 2.82. The molecule has 4 heteroatoms. The zero-order chi connectivity index (χ0) is 15.1. The second kappa shape index (κ2) is 4.84. The second-order valence-electron chi connectivity index (χ2n) is 5.30. The SMILES string of the molecule is CCc1cccc2c1ncc1c(=O)n(-c3ccccc3)[nH]c12. The molecule has 0 radical (unpaired) electrons. The van der Waals surface area contributed by atoms with Gasteiger partial charge >= 0.3 is 0 Å². The van der Waals surface area contributed by atoms with Gasteiger partial charge in [-0.25, -0.2) is 4.68 Å². The van der Waals surface area contributed by atoms with Gasteiger partial charge in [-0.1, -0.05) is 43.3 Å². The molecule has 22 heavy (non-hydrogen) atoms. The van der Waals surface area contributed by atoms with Crippen molar-refractivity contribution in [1.82, 2.24) is 14.8 Å². The van der Waals surface area contributed by atoms with Crippen LogP contribution in [0.2, 0.25) is 0 Å². The van der Waals surface area contributed by atoms with Crippen LogP contribution in [0, 0.1) is 0 Å². The lowest BCUT2D eigenvalue weighted by Crippen LogP contribution is -2.13. The van der Waals surface area contributed by atoms with Gasteiger partial charge in [0.15, 0.2) is 0 Å². The molecule has 0 spiro atoms. The molecule has 0 unspecified atom stereocenters. The fourth-order valence-corrected chi connectivity index (χ4v) is 2.89. The number of nitrogens with zero attached hydrogens (tertiary/aromatic N) is 2. The van der Waals surface area contributed by atoms with E-state index >= 15 is 0 Å². The van der Waals surface area contributed by atoms with Gasteiger partial charge in [0.2, 0.25) is 0 Å². The number of pyridine rings is 1. The van der Waals surface area contributed by atoms with Crippen molar-refractivity contribution in [2.75, 3.05) is 0 Å². The average molecular weight is 289 g/mol. The molecular weight excluding hydrogens is 274 g/mol. The molecule has 4 nitrogen and oxygen atoms in total. The normalized spacial score (nSPS) is 11.3. The van der Waals surface area contributed by atoms with Crippen LogP contribution < -0.4 is 5.56 Å². The number of aryl methyl sites for hydroxylation is 1. The molecule has 2 heterocycles. The van der Waals surface area contributed by atoms with Gasteiger partial charge in [-0.05, 0) is 24.1 Å². The highest BCUT2D eigenvalue weighted by atomic mass is 16.1. The topological polar surface area (TPSA) is 50.7 Å². The largest absolute Gasteiger partial charge is 0.290 e. The van der Waals surface area contributed by atoms with E-state index in [1.54, 1.807) is 10.9 Å². The summed E-state index contributed by atoms with van der Waals surface area (Å²) in [7, 11) is 0. The van der Waals surface area contributed by atoms with Crippen LogP contribution in [-0.4, -0.2) is 14.8 Å². The van der Waals surface area contributed by atoms with Crippen LogP contribution in [-0.2, 0) is 6.42 Å².